The summed E-state index contributed by atoms with van der Waals surface area (Å²) >= 11 is 38.1. The first-order valence-corrected chi connectivity index (χ1v) is 10.6. The smallest absolute Gasteiger partial charge is 0.0519 e. The van der Waals surface area contributed by atoms with Crippen LogP contribution in [-0.4, -0.2) is 0 Å². The van der Waals surface area contributed by atoms with Gasteiger partial charge in [0.2, 0.25) is 0 Å². The highest BCUT2D eigenvalue weighted by atomic mass is 35.5. The Bertz CT molecular complexity index is 823. The van der Waals surface area contributed by atoms with Crippen molar-refractivity contribution in [2.24, 2.45) is 0 Å². The quantitative estimate of drug-likeness (QED) is 0.352. The Hall–Kier alpha value is -0.170. The van der Waals surface area contributed by atoms with E-state index in [1.165, 1.54) is 0 Å². The molecule has 0 atom stereocenters. The van der Waals surface area contributed by atoms with Crippen molar-refractivity contribution in [3.8, 4) is 0 Å². The first-order chi connectivity index (χ1) is 11.9. The van der Waals surface area contributed by atoms with Crippen LogP contribution in [0.25, 0.3) is 0 Å². The second kappa shape index (κ2) is 8.24. The number of hydrogen-bond acceptors (Lipinski definition) is 0. The monoisotopic (exact) mass is 466 g/mol. The molecule has 0 aromatic heterocycles. The summed E-state index contributed by atoms with van der Waals surface area (Å²) in [5.41, 5.74) is 0. The summed E-state index contributed by atoms with van der Waals surface area (Å²) in [6.07, 6.45) is 0. The molecule has 0 unspecified atom stereocenters. The van der Waals surface area contributed by atoms with Crippen LogP contribution in [0.2, 0.25) is 30.1 Å². The number of hydrogen-bond donors (Lipinski definition) is 0. The van der Waals surface area contributed by atoms with Crippen LogP contribution < -0.4 is 15.9 Å². The third-order valence-corrected chi connectivity index (χ3v) is 8.25. The van der Waals surface area contributed by atoms with Crippen molar-refractivity contribution >= 4 is 93.4 Å². The van der Waals surface area contributed by atoms with Gasteiger partial charge in [-0.1, -0.05) is 99.9 Å². The van der Waals surface area contributed by atoms with E-state index in [-0.39, 0.29) is 0 Å². The number of benzene rings is 3. The molecule has 3 rings (SSSR count). The Labute approximate surface area is 177 Å². The van der Waals surface area contributed by atoms with Crippen molar-refractivity contribution in [2.75, 3.05) is 0 Å². The molecule has 0 heterocycles. The Morgan fingerprint density at radius 2 is 0.880 bits per heavy atom. The normalized spacial score (nSPS) is 11.2. The molecule has 25 heavy (non-hydrogen) atoms. The van der Waals surface area contributed by atoms with Gasteiger partial charge in [0.15, 0.2) is 0 Å². The lowest BCUT2D eigenvalue weighted by Crippen LogP contribution is -2.24. The summed E-state index contributed by atoms with van der Waals surface area (Å²) in [6.45, 7) is 0. The molecule has 3 aromatic carbocycles. The molecule has 0 saturated carbocycles. The molecular weight excluding hydrogens is 460 g/mol. The molecule has 0 aliphatic heterocycles. The predicted octanol–water partition coefficient (Wildman–Crippen LogP) is 7.37. The second-order valence-corrected chi connectivity index (χ2v) is 9.69. The van der Waals surface area contributed by atoms with Crippen LogP contribution in [0.1, 0.15) is 0 Å². The van der Waals surface area contributed by atoms with Crippen LogP contribution in [0, 0.1) is 0 Å². The van der Waals surface area contributed by atoms with Gasteiger partial charge in [0.25, 0.3) is 0 Å². The lowest BCUT2D eigenvalue weighted by Gasteiger charge is -2.24. The van der Waals surface area contributed by atoms with Gasteiger partial charge in [0.1, 0.15) is 0 Å². The van der Waals surface area contributed by atoms with Crippen LogP contribution in [-0.2, 0) is 0 Å². The Balaban J connectivity index is 2.34. The van der Waals surface area contributed by atoms with Crippen molar-refractivity contribution in [3.63, 3.8) is 0 Å². The van der Waals surface area contributed by atoms with Crippen molar-refractivity contribution in [3.05, 3.63) is 84.7 Å². The van der Waals surface area contributed by atoms with E-state index in [1.54, 1.807) is 24.3 Å². The summed E-state index contributed by atoms with van der Waals surface area (Å²) in [6, 6.07) is 16.5. The van der Waals surface area contributed by atoms with Crippen LogP contribution in [0.5, 0.6) is 0 Å². The summed E-state index contributed by atoms with van der Waals surface area (Å²) in [5.74, 6) is 0. The molecule has 0 bridgehead atoms. The average molecular weight is 469 g/mol. The highest BCUT2D eigenvalue weighted by molar-refractivity contribution is 7.80. The van der Waals surface area contributed by atoms with Gasteiger partial charge in [-0.25, -0.2) is 0 Å². The number of halogens is 6. The van der Waals surface area contributed by atoms with Crippen molar-refractivity contribution in [1.29, 1.82) is 0 Å². The molecule has 128 valence electrons. The van der Waals surface area contributed by atoms with E-state index >= 15 is 0 Å². The third kappa shape index (κ3) is 4.23. The fraction of sp³-hybridized carbons (Fsp3) is 0. The zero-order valence-corrected chi connectivity index (χ0v) is 17.8. The van der Waals surface area contributed by atoms with Crippen LogP contribution in [0.3, 0.4) is 0 Å². The van der Waals surface area contributed by atoms with Crippen LogP contribution in [0.4, 0.5) is 0 Å². The molecule has 0 fully saturated rings. The first kappa shape index (κ1) is 19.6. The van der Waals surface area contributed by atoms with E-state index in [9.17, 15) is 0 Å². The standard InChI is InChI=1S/C18H9Cl6P/c19-10-6-13(21)17(14(22)7-10)25(12-4-2-1-3-5-12)18-15(23)8-11(20)9-16(18)24/h1-9H. The van der Waals surface area contributed by atoms with E-state index in [2.05, 4.69) is 0 Å². The second-order valence-electron chi connectivity index (χ2n) is 5.11. The summed E-state index contributed by atoms with van der Waals surface area (Å²) in [7, 11) is -1.20. The van der Waals surface area contributed by atoms with Gasteiger partial charge in [0, 0.05) is 20.7 Å². The van der Waals surface area contributed by atoms with Crippen LogP contribution in [0.15, 0.2) is 54.6 Å². The zero-order valence-electron chi connectivity index (χ0n) is 12.4. The Morgan fingerprint density at radius 1 is 0.520 bits per heavy atom. The zero-order chi connectivity index (χ0) is 18.1. The summed E-state index contributed by atoms with van der Waals surface area (Å²) in [4.78, 5) is 0. The summed E-state index contributed by atoms with van der Waals surface area (Å²) < 4.78 is 0. The lowest BCUT2D eigenvalue weighted by molar-refractivity contribution is 1.73. The van der Waals surface area contributed by atoms with E-state index in [4.69, 9.17) is 69.6 Å². The van der Waals surface area contributed by atoms with Crippen LogP contribution >= 0.6 is 77.5 Å². The maximum absolute atomic E-state index is 6.50. The highest BCUT2D eigenvalue weighted by Gasteiger charge is 2.27. The van der Waals surface area contributed by atoms with Crippen molar-refractivity contribution in [1.82, 2.24) is 0 Å². The Kier molecular flexibility index (Phi) is 6.45. The molecule has 3 aromatic rings. The summed E-state index contributed by atoms with van der Waals surface area (Å²) in [5, 5.41) is 5.31. The predicted molar refractivity (Wildman–Crippen MR) is 115 cm³/mol. The van der Waals surface area contributed by atoms with Gasteiger partial charge < -0.3 is 0 Å². The topological polar surface area (TPSA) is 0 Å². The minimum atomic E-state index is -1.20. The van der Waals surface area contributed by atoms with Gasteiger partial charge >= 0.3 is 0 Å². The number of rotatable bonds is 3. The fourth-order valence-corrected chi connectivity index (χ4v) is 7.41. The van der Waals surface area contributed by atoms with E-state index in [1.807, 2.05) is 30.3 Å². The minimum Gasteiger partial charge on any atom is -0.0842 e. The molecule has 0 nitrogen and oxygen atoms in total. The van der Waals surface area contributed by atoms with Crippen molar-refractivity contribution < 1.29 is 0 Å². The first-order valence-electron chi connectivity index (χ1n) is 7.02. The van der Waals surface area contributed by atoms with Crippen molar-refractivity contribution in [2.45, 2.75) is 0 Å². The SMILES string of the molecule is Clc1cc(Cl)c(P(c2ccccc2)c2c(Cl)cc(Cl)cc2Cl)c(Cl)c1. The third-order valence-electron chi connectivity index (χ3n) is 3.42. The molecule has 7 heteroatoms. The molecule has 0 amide bonds. The maximum atomic E-state index is 6.50. The minimum absolute atomic E-state index is 0.467. The fourth-order valence-electron chi connectivity index (χ4n) is 2.44. The molecule has 0 aliphatic rings. The van der Waals surface area contributed by atoms with Gasteiger partial charge in [-0.3, -0.25) is 0 Å². The molecular formula is C18H9Cl6P. The maximum Gasteiger partial charge on any atom is 0.0519 e. The molecule has 0 saturated heterocycles. The molecule has 0 N–H and O–H groups in total. The highest BCUT2D eigenvalue weighted by Crippen LogP contribution is 2.44. The van der Waals surface area contributed by atoms with Gasteiger partial charge in [-0.2, -0.15) is 0 Å². The van der Waals surface area contributed by atoms with E-state index < -0.39 is 7.92 Å². The molecule has 0 aliphatic carbocycles. The molecule has 0 radical (unpaired) electrons. The largest absolute Gasteiger partial charge is 0.0842 e. The lowest BCUT2D eigenvalue weighted by atomic mass is 10.3. The van der Waals surface area contributed by atoms with E-state index in [0.717, 1.165) is 15.9 Å². The molecule has 0 spiro atoms. The Morgan fingerprint density at radius 3 is 1.24 bits per heavy atom. The van der Waals surface area contributed by atoms with Gasteiger partial charge in [-0.05, 0) is 37.5 Å². The van der Waals surface area contributed by atoms with Gasteiger partial charge in [0.05, 0.1) is 20.1 Å². The average Bonchev–Trinajstić information content (AvgIpc) is 2.52. The van der Waals surface area contributed by atoms with Gasteiger partial charge in [-0.15, -0.1) is 0 Å². The van der Waals surface area contributed by atoms with E-state index in [0.29, 0.717) is 30.1 Å².